The smallest absolute Gasteiger partial charge is 0.302 e. The van der Waals surface area contributed by atoms with Gasteiger partial charge in [0.15, 0.2) is 0 Å². The Morgan fingerprint density at radius 1 is 0.976 bits per heavy atom. The number of rotatable bonds is 9. The van der Waals surface area contributed by atoms with Gasteiger partial charge in [-0.25, -0.2) is 0 Å². The molecule has 0 saturated heterocycles. The number of benzene rings is 3. The molecule has 0 saturated carbocycles. The number of esters is 1. The first-order valence-corrected chi connectivity index (χ1v) is 13.4. The predicted octanol–water partition coefficient (Wildman–Crippen LogP) is 4.53. The molecule has 216 valence electrons. The summed E-state index contributed by atoms with van der Waals surface area (Å²) < 4.78 is 21.4. The Bertz CT molecular complexity index is 1610. The second-order valence-corrected chi connectivity index (χ2v) is 9.74. The zero-order valence-electron chi connectivity index (χ0n) is 22.9. The number of ether oxygens (including phenoxy) is 3. The Balaban J connectivity index is 1.32. The van der Waals surface area contributed by atoms with E-state index in [0.29, 0.717) is 23.1 Å². The van der Waals surface area contributed by atoms with E-state index >= 15 is 0 Å². The number of para-hydroxylation sites is 1. The summed E-state index contributed by atoms with van der Waals surface area (Å²) in [5, 5.41) is 8.42. The van der Waals surface area contributed by atoms with Crippen LogP contribution < -0.4 is 14.4 Å². The number of hydrogen-bond donors (Lipinski definition) is 0. The summed E-state index contributed by atoms with van der Waals surface area (Å²) in [6, 6.07) is 19.1. The summed E-state index contributed by atoms with van der Waals surface area (Å²) in [4.78, 5) is 41.1. The van der Waals surface area contributed by atoms with Crippen molar-refractivity contribution in [2.75, 3.05) is 31.8 Å². The Labute approximate surface area is 246 Å². The van der Waals surface area contributed by atoms with Crippen LogP contribution in [0.15, 0.2) is 71.1 Å². The van der Waals surface area contributed by atoms with Crippen molar-refractivity contribution in [2.45, 2.75) is 20.0 Å². The van der Waals surface area contributed by atoms with Crippen LogP contribution in [0.2, 0.25) is 5.02 Å². The van der Waals surface area contributed by atoms with Crippen LogP contribution in [0, 0.1) is 0 Å². The molecule has 0 atom stereocenters. The van der Waals surface area contributed by atoms with Crippen molar-refractivity contribution in [3.63, 3.8) is 0 Å². The molecular formula is C30H27ClN4O7. The molecule has 42 heavy (non-hydrogen) atoms. The average molecular weight is 591 g/mol. The van der Waals surface area contributed by atoms with E-state index < -0.39 is 11.9 Å². The van der Waals surface area contributed by atoms with E-state index in [2.05, 4.69) is 10.2 Å². The molecule has 3 aromatic carbocycles. The second-order valence-electron chi connectivity index (χ2n) is 9.33. The minimum atomic E-state index is -0.436. The van der Waals surface area contributed by atoms with Crippen LogP contribution in [0.1, 0.15) is 28.7 Å². The lowest BCUT2D eigenvalue weighted by Gasteiger charge is -2.23. The number of fused-ring (bicyclic) bond motifs is 1. The molecule has 4 aromatic rings. The van der Waals surface area contributed by atoms with Gasteiger partial charge in [0, 0.05) is 24.7 Å². The second kappa shape index (κ2) is 12.7. The van der Waals surface area contributed by atoms with Crippen LogP contribution in [-0.4, -0.2) is 59.7 Å². The van der Waals surface area contributed by atoms with Crippen LogP contribution in [0.5, 0.6) is 11.5 Å². The lowest BCUT2D eigenvalue weighted by atomic mass is 10.1. The Hall–Kier alpha value is -4.90. The van der Waals surface area contributed by atoms with Crippen molar-refractivity contribution in [1.82, 2.24) is 15.1 Å². The fourth-order valence-corrected chi connectivity index (χ4v) is 4.68. The van der Waals surface area contributed by atoms with Crippen LogP contribution in [0.4, 0.5) is 5.69 Å². The van der Waals surface area contributed by atoms with E-state index in [1.165, 1.54) is 17.9 Å². The van der Waals surface area contributed by atoms with Gasteiger partial charge < -0.3 is 23.5 Å². The Morgan fingerprint density at radius 3 is 2.48 bits per heavy atom. The molecule has 5 rings (SSSR count). The number of nitrogens with zero attached hydrogens (tertiary/aromatic N) is 4. The molecule has 12 heteroatoms. The number of methoxy groups -OCH3 is 1. The van der Waals surface area contributed by atoms with Gasteiger partial charge in [-0.3, -0.25) is 19.3 Å². The molecule has 0 unspecified atom stereocenters. The molecule has 2 amide bonds. The molecule has 11 nitrogen and oxygen atoms in total. The standard InChI is InChI=1S/C30H27ClN4O7/c1-19(36)40-13-14-41-23-11-12-24(25(31)15-23)30(38)35-18-28(37)34(16-21-5-3-4-6-26(21)35)17-27-32-33-29(42-27)20-7-9-22(39-2)10-8-20/h3-12,15H,13-14,16-18H2,1-2H3. The van der Waals surface area contributed by atoms with Crippen LogP contribution in [-0.2, 0) is 27.4 Å². The predicted molar refractivity (Wildman–Crippen MR) is 152 cm³/mol. The average Bonchev–Trinajstić information content (AvgIpc) is 3.41. The van der Waals surface area contributed by atoms with Gasteiger partial charge in [0.25, 0.3) is 5.91 Å². The fraction of sp³-hybridized carbons (Fsp3) is 0.233. The molecule has 0 radical (unpaired) electrons. The summed E-state index contributed by atoms with van der Waals surface area (Å²) in [5.41, 5.74) is 2.30. The van der Waals surface area contributed by atoms with E-state index in [1.54, 1.807) is 60.5 Å². The zero-order chi connectivity index (χ0) is 29.6. The molecule has 1 aliphatic rings. The highest BCUT2D eigenvalue weighted by Gasteiger charge is 2.31. The van der Waals surface area contributed by atoms with Gasteiger partial charge in [-0.05, 0) is 54.1 Å². The van der Waals surface area contributed by atoms with E-state index in [-0.39, 0.29) is 55.2 Å². The lowest BCUT2D eigenvalue weighted by molar-refractivity contribution is -0.141. The number of anilines is 1. The van der Waals surface area contributed by atoms with E-state index in [4.69, 9.17) is 30.2 Å². The third-order valence-electron chi connectivity index (χ3n) is 6.49. The molecular weight excluding hydrogens is 564 g/mol. The highest BCUT2D eigenvalue weighted by atomic mass is 35.5. The number of carbonyl (C=O) groups excluding carboxylic acids is 3. The van der Waals surface area contributed by atoms with Gasteiger partial charge in [-0.1, -0.05) is 29.8 Å². The number of hydrogen-bond acceptors (Lipinski definition) is 9. The topological polar surface area (TPSA) is 124 Å². The zero-order valence-corrected chi connectivity index (χ0v) is 23.7. The van der Waals surface area contributed by atoms with Gasteiger partial charge in [-0.2, -0.15) is 0 Å². The maximum absolute atomic E-state index is 13.7. The third-order valence-corrected chi connectivity index (χ3v) is 6.81. The summed E-state index contributed by atoms with van der Waals surface area (Å²) in [5.74, 6) is 0.557. The Morgan fingerprint density at radius 2 is 1.74 bits per heavy atom. The molecule has 0 spiro atoms. The molecule has 0 bridgehead atoms. The van der Waals surface area contributed by atoms with Crippen LogP contribution in [0.25, 0.3) is 11.5 Å². The fourth-order valence-electron chi connectivity index (χ4n) is 4.43. The first kappa shape index (κ1) is 28.6. The van der Waals surface area contributed by atoms with Crippen molar-refractivity contribution in [3.05, 3.63) is 88.8 Å². The highest BCUT2D eigenvalue weighted by molar-refractivity contribution is 6.34. The quantitative estimate of drug-likeness (QED) is 0.204. The van der Waals surface area contributed by atoms with Gasteiger partial charge in [-0.15, -0.1) is 10.2 Å². The summed E-state index contributed by atoms with van der Waals surface area (Å²) in [6.07, 6.45) is 0. The maximum atomic E-state index is 13.7. The van der Waals surface area contributed by atoms with E-state index in [9.17, 15) is 14.4 Å². The number of halogens is 1. The SMILES string of the molecule is COc1ccc(-c2nnc(CN3Cc4ccccc4N(C(=O)c4ccc(OCCOC(C)=O)cc4Cl)CC3=O)o2)cc1. The summed E-state index contributed by atoms with van der Waals surface area (Å²) >= 11 is 6.47. The number of amides is 2. The van der Waals surface area contributed by atoms with Gasteiger partial charge in [0.2, 0.25) is 17.7 Å². The first-order valence-electron chi connectivity index (χ1n) is 13.0. The molecule has 2 heterocycles. The molecule has 1 aliphatic heterocycles. The van der Waals surface area contributed by atoms with Gasteiger partial charge >= 0.3 is 5.97 Å². The minimum absolute atomic E-state index is 0.0679. The van der Waals surface area contributed by atoms with Crippen molar-refractivity contribution in [2.24, 2.45) is 0 Å². The molecule has 0 aliphatic carbocycles. The molecule has 0 N–H and O–H groups in total. The highest BCUT2D eigenvalue weighted by Crippen LogP contribution is 2.31. The summed E-state index contributed by atoms with van der Waals surface area (Å²) in [7, 11) is 1.59. The van der Waals surface area contributed by atoms with Crippen molar-refractivity contribution < 1.29 is 33.0 Å². The van der Waals surface area contributed by atoms with E-state index in [1.807, 2.05) is 12.1 Å². The van der Waals surface area contributed by atoms with Crippen LogP contribution in [0.3, 0.4) is 0 Å². The number of carbonyl (C=O) groups is 3. The molecule has 1 aromatic heterocycles. The normalized spacial score (nSPS) is 12.9. The summed E-state index contributed by atoms with van der Waals surface area (Å²) in [6.45, 7) is 1.62. The van der Waals surface area contributed by atoms with Gasteiger partial charge in [0.1, 0.15) is 31.3 Å². The van der Waals surface area contributed by atoms with Gasteiger partial charge in [0.05, 0.1) is 24.2 Å². The van der Waals surface area contributed by atoms with Crippen LogP contribution >= 0.6 is 11.6 Å². The number of aromatic nitrogens is 2. The third kappa shape index (κ3) is 6.52. The van der Waals surface area contributed by atoms with Crippen molar-refractivity contribution >= 4 is 35.1 Å². The first-order chi connectivity index (χ1) is 20.3. The van der Waals surface area contributed by atoms with Crippen molar-refractivity contribution in [3.8, 4) is 23.0 Å². The largest absolute Gasteiger partial charge is 0.497 e. The molecule has 0 fully saturated rings. The van der Waals surface area contributed by atoms with E-state index in [0.717, 1.165) is 11.1 Å². The van der Waals surface area contributed by atoms with Crippen molar-refractivity contribution in [1.29, 1.82) is 0 Å². The monoisotopic (exact) mass is 590 g/mol. The lowest BCUT2D eigenvalue weighted by Crippen LogP contribution is -2.40. The maximum Gasteiger partial charge on any atom is 0.302 e. The minimum Gasteiger partial charge on any atom is -0.497 e. The Kier molecular flexibility index (Phi) is 8.68.